The maximum absolute atomic E-state index is 13.3. The molecule has 26 heavy (non-hydrogen) atoms. The fourth-order valence-corrected chi connectivity index (χ4v) is 4.49. The highest BCUT2D eigenvalue weighted by Crippen LogP contribution is 2.39. The van der Waals surface area contributed by atoms with Crippen LogP contribution in [0, 0.1) is 5.82 Å². The van der Waals surface area contributed by atoms with E-state index >= 15 is 0 Å². The van der Waals surface area contributed by atoms with Crippen molar-refractivity contribution in [2.45, 2.75) is 30.4 Å². The van der Waals surface area contributed by atoms with Crippen LogP contribution in [-0.4, -0.2) is 31.7 Å². The molecule has 1 heterocycles. The van der Waals surface area contributed by atoms with Crippen molar-refractivity contribution in [2.75, 3.05) is 17.3 Å². The molecule has 1 aromatic carbocycles. The Bertz CT molecular complexity index is 842. The first-order chi connectivity index (χ1) is 12.3. The summed E-state index contributed by atoms with van der Waals surface area (Å²) in [4.78, 5) is 12.8. The summed E-state index contributed by atoms with van der Waals surface area (Å²) in [6.07, 6.45) is 4.05. The average molecular weight is 399 g/mol. The molecule has 0 bridgehead atoms. The van der Waals surface area contributed by atoms with E-state index in [1.807, 2.05) is 0 Å². The van der Waals surface area contributed by atoms with E-state index in [1.54, 1.807) is 13.3 Å². The Morgan fingerprint density at radius 2 is 2.23 bits per heavy atom. The number of carbonyl (C=O) groups is 1. The lowest BCUT2D eigenvalue weighted by atomic mass is 9.99. The normalized spacial score (nSPS) is 21.0. The number of rotatable bonds is 4. The zero-order valence-corrected chi connectivity index (χ0v) is 16.0. The van der Waals surface area contributed by atoms with Gasteiger partial charge in [0.1, 0.15) is 22.4 Å². The van der Waals surface area contributed by atoms with Crippen LogP contribution in [0.4, 0.5) is 15.9 Å². The van der Waals surface area contributed by atoms with E-state index in [4.69, 9.17) is 17.3 Å². The third kappa shape index (κ3) is 3.67. The highest BCUT2D eigenvalue weighted by Gasteiger charge is 2.36. The molecule has 0 radical (unpaired) electrons. The Morgan fingerprint density at radius 1 is 1.50 bits per heavy atom. The fraction of sp³-hybridized carbons (Fsp3) is 0.412. The number of nitrogens with two attached hydrogens (primary N) is 1. The predicted molar refractivity (Wildman–Crippen MR) is 101 cm³/mol. The van der Waals surface area contributed by atoms with E-state index in [0.717, 1.165) is 12.8 Å². The maximum Gasteiger partial charge on any atom is 0.261 e. The lowest BCUT2D eigenvalue weighted by Gasteiger charge is -2.13. The largest absolute Gasteiger partial charge is 0.616 e. The number of aromatic nitrogens is 2. The summed E-state index contributed by atoms with van der Waals surface area (Å²) < 4.78 is 26.5. The number of nitrogen functional groups attached to an aromatic ring is 1. The molecular formula is C17H20ClFN4O2S. The summed E-state index contributed by atoms with van der Waals surface area (Å²) in [5.74, 6) is -0.693. The Hall–Kier alpha value is -1.77. The van der Waals surface area contributed by atoms with Crippen LogP contribution in [0.5, 0.6) is 0 Å². The number of nitrogens with one attached hydrogen (secondary N) is 1. The van der Waals surface area contributed by atoms with Crippen molar-refractivity contribution in [3.63, 3.8) is 0 Å². The van der Waals surface area contributed by atoms with E-state index in [-0.39, 0.29) is 22.0 Å². The number of benzene rings is 1. The van der Waals surface area contributed by atoms with Gasteiger partial charge in [0.05, 0.1) is 17.0 Å². The first kappa shape index (κ1) is 19.0. The Balaban J connectivity index is 1.87. The van der Waals surface area contributed by atoms with Gasteiger partial charge in [-0.15, -0.1) is 0 Å². The SMILES string of the molecule is Cn1nc(C2CCC([S+](C)[O-])C2)c(C(=O)Nc2ccc(F)c(Cl)c2)c1N. The molecule has 1 aliphatic rings. The van der Waals surface area contributed by atoms with Crippen LogP contribution in [-0.2, 0) is 18.2 Å². The molecule has 3 unspecified atom stereocenters. The number of halogens is 2. The van der Waals surface area contributed by atoms with Gasteiger partial charge in [-0.25, -0.2) is 4.39 Å². The Labute approximate surface area is 159 Å². The first-order valence-electron chi connectivity index (χ1n) is 8.19. The van der Waals surface area contributed by atoms with Gasteiger partial charge in [-0.3, -0.25) is 9.48 Å². The van der Waals surface area contributed by atoms with Gasteiger partial charge in [-0.05, 0) is 31.0 Å². The number of carbonyl (C=O) groups excluding carboxylic acids is 1. The summed E-state index contributed by atoms with van der Waals surface area (Å²) in [6.45, 7) is 0. The molecule has 1 amide bonds. The van der Waals surface area contributed by atoms with Crippen LogP contribution in [0.25, 0.3) is 0 Å². The minimum Gasteiger partial charge on any atom is -0.616 e. The van der Waals surface area contributed by atoms with E-state index in [9.17, 15) is 13.7 Å². The molecule has 9 heteroatoms. The van der Waals surface area contributed by atoms with Crippen molar-refractivity contribution in [2.24, 2.45) is 7.05 Å². The van der Waals surface area contributed by atoms with Gasteiger partial charge in [-0.2, -0.15) is 5.10 Å². The summed E-state index contributed by atoms with van der Waals surface area (Å²) in [7, 11) is 1.68. The minimum atomic E-state index is -0.904. The van der Waals surface area contributed by atoms with Gasteiger partial charge < -0.3 is 15.6 Å². The topological polar surface area (TPSA) is 96.0 Å². The monoisotopic (exact) mass is 398 g/mol. The van der Waals surface area contributed by atoms with Gasteiger partial charge in [0.15, 0.2) is 0 Å². The summed E-state index contributed by atoms with van der Waals surface area (Å²) in [6, 6.07) is 3.95. The molecule has 0 saturated heterocycles. The second-order valence-corrected chi connectivity index (χ2v) is 8.55. The van der Waals surface area contributed by atoms with E-state index < -0.39 is 22.9 Å². The summed E-state index contributed by atoms with van der Waals surface area (Å²) in [5, 5.41) is 7.15. The third-order valence-electron chi connectivity index (χ3n) is 4.76. The second-order valence-electron chi connectivity index (χ2n) is 6.48. The molecule has 1 aromatic heterocycles. The number of hydrogen-bond acceptors (Lipinski definition) is 4. The number of anilines is 2. The number of nitrogens with zero attached hydrogens (tertiary/aromatic N) is 2. The first-order valence-corrected chi connectivity index (χ1v) is 10.2. The van der Waals surface area contributed by atoms with Crippen LogP contribution in [0.15, 0.2) is 18.2 Å². The molecule has 2 aromatic rings. The summed E-state index contributed by atoms with van der Waals surface area (Å²) >= 11 is 4.86. The van der Waals surface area contributed by atoms with E-state index in [0.29, 0.717) is 23.4 Å². The van der Waals surface area contributed by atoms with Gasteiger partial charge in [0.25, 0.3) is 5.91 Å². The van der Waals surface area contributed by atoms with Crippen LogP contribution in [0.1, 0.15) is 41.2 Å². The van der Waals surface area contributed by atoms with Crippen molar-refractivity contribution < 1.29 is 13.7 Å². The molecule has 1 fully saturated rings. The van der Waals surface area contributed by atoms with Crippen molar-refractivity contribution in [1.82, 2.24) is 9.78 Å². The zero-order valence-electron chi connectivity index (χ0n) is 14.5. The van der Waals surface area contributed by atoms with Crippen LogP contribution in [0.2, 0.25) is 5.02 Å². The Morgan fingerprint density at radius 3 is 2.85 bits per heavy atom. The van der Waals surface area contributed by atoms with E-state index in [2.05, 4.69) is 10.4 Å². The highest BCUT2D eigenvalue weighted by molar-refractivity contribution is 7.91. The highest BCUT2D eigenvalue weighted by atomic mass is 35.5. The molecule has 3 atom stereocenters. The lowest BCUT2D eigenvalue weighted by molar-refractivity contribution is 0.102. The van der Waals surface area contributed by atoms with E-state index in [1.165, 1.54) is 22.9 Å². The van der Waals surface area contributed by atoms with Gasteiger partial charge in [-0.1, -0.05) is 22.8 Å². The quantitative estimate of drug-likeness (QED) is 0.773. The lowest BCUT2D eigenvalue weighted by Crippen LogP contribution is -2.18. The maximum atomic E-state index is 13.3. The number of amides is 1. The standard InChI is InChI=1S/C17H20ClFN4O2S/c1-23-16(20)14(15(22-23)9-3-5-11(7-9)26(2)25)17(24)21-10-4-6-13(19)12(18)8-10/h4,6,8-9,11H,3,5,7,20H2,1-2H3,(H,21,24). The second kappa shape index (κ2) is 7.46. The van der Waals surface area contributed by atoms with Gasteiger partial charge in [0.2, 0.25) is 0 Å². The van der Waals surface area contributed by atoms with Crippen LogP contribution >= 0.6 is 11.6 Å². The molecule has 0 spiro atoms. The van der Waals surface area contributed by atoms with Crippen LogP contribution in [0.3, 0.4) is 0 Å². The third-order valence-corrected chi connectivity index (χ3v) is 6.42. The van der Waals surface area contributed by atoms with Crippen molar-refractivity contribution in [1.29, 1.82) is 0 Å². The number of hydrogen-bond donors (Lipinski definition) is 2. The van der Waals surface area contributed by atoms with Gasteiger partial charge in [0, 0.05) is 25.1 Å². The van der Waals surface area contributed by atoms with Gasteiger partial charge >= 0.3 is 0 Å². The molecule has 1 aliphatic carbocycles. The van der Waals surface area contributed by atoms with Crippen molar-refractivity contribution in [3.8, 4) is 0 Å². The molecule has 3 N–H and O–H groups in total. The van der Waals surface area contributed by atoms with Crippen molar-refractivity contribution in [3.05, 3.63) is 40.3 Å². The van der Waals surface area contributed by atoms with Crippen LogP contribution < -0.4 is 11.1 Å². The smallest absolute Gasteiger partial charge is 0.261 e. The van der Waals surface area contributed by atoms with Crippen molar-refractivity contribution >= 4 is 40.2 Å². The zero-order chi connectivity index (χ0) is 19.0. The summed E-state index contributed by atoms with van der Waals surface area (Å²) in [5.41, 5.74) is 7.36. The molecule has 6 nitrogen and oxygen atoms in total. The minimum absolute atomic E-state index is 0.0324. The fourth-order valence-electron chi connectivity index (χ4n) is 3.33. The molecule has 1 saturated carbocycles. The molecule has 0 aliphatic heterocycles. The molecular weight excluding hydrogens is 379 g/mol. The molecule has 140 valence electrons. The number of aryl methyl sites for hydroxylation is 1. The Kier molecular flexibility index (Phi) is 5.45. The average Bonchev–Trinajstić information content (AvgIpc) is 3.17. The predicted octanol–water partition coefficient (Wildman–Crippen LogP) is 3.06. The molecule has 3 rings (SSSR count).